The first-order valence-corrected chi connectivity index (χ1v) is 4.99. The van der Waals surface area contributed by atoms with Crippen LogP contribution in [0.4, 0.5) is 5.69 Å². The number of rotatable bonds is 4. The van der Waals surface area contributed by atoms with Crippen LogP contribution in [0.3, 0.4) is 0 Å². The second-order valence-electron chi connectivity index (χ2n) is 3.84. The van der Waals surface area contributed by atoms with Gasteiger partial charge in [-0.2, -0.15) is 0 Å². The minimum atomic E-state index is -0.532. The molecule has 15 heavy (non-hydrogen) atoms. The van der Waals surface area contributed by atoms with Crippen LogP contribution in [0.5, 0.6) is 0 Å². The van der Waals surface area contributed by atoms with Crippen molar-refractivity contribution in [2.24, 2.45) is 5.92 Å². The molecule has 3 nitrogen and oxygen atoms in total. The number of carbonyl (C=O) groups excluding carboxylic acids is 2. The largest absolute Gasteiger partial charge is 0.319 e. The van der Waals surface area contributed by atoms with Gasteiger partial charge in [0.2, 0.25) is 5.78 Å². The molecule has 0 saturated heterocycles. The molecule has 0 bridgehead atoms. The quantitative estimate of drug-likeness (QED) is 0.766. The average molecular weight is 205 g/mol. The third-order valence-corrected chi connectivity index (χ3v) is 1.88. The summed E-state index contributed by atoms with van der Waals surface area (Å²) in [6.07, 6.45) is 0.290. The van der Waals surface area contributed by atoms with Gasteiger partial charge in [0.15, 0.2) is 0 Å². The van der Waals surface area contributed by atoms with Crippen LogP contribution < -0.4 is 5.32 Å². The molecule has 1 N–H and O–H groups in total. The van der Waals surface area contributed by atoms with Gasteiger partial charge in [-0.05, 0) is 18.1 Å². The summed E-state index contributed by atoms with van der Waals surface area (Å²) in [6, 6.07) is 8.97. The summed E-state index contributed by atoms with van der Waals surface area (Å²) in [5.74, 6) is -0.692. The number of carbonyl (C=O) groups is 2. The van der Waals surface area contributed by atoms with Crippen LogP contribution in [-0.4, -0.2) is 11.7 Å². The van der Waals surface area contributed by atoms with Crippen molar-refractivity contribution in [1.29, 1.82) is 0 Å². The molecule has 0 aliphatic carbocycles. The van der Waals surface area contributed by atoms with E-state index in [9.17, 15) is 9.59 Å². The Bertz CT molecular complexity index is 344. The lowest BCUT2D eigenvalue weighted by molar-refractivity contribution is -0.135. The van der Waals surface area contributed by atoms with E-state index < -0.39 is 5.91 Å². The zero-order chi connectivity index (χ0) is 11.3. The van der Waals surface area contributed by atoms with Gasteiger partial charge in [-0.3, -0.25) is 9.59 Å². The first-order chi connectivity index (χ1) is 7.09. The number of amides is 1. The molecule has 0 aliphatic heterocycles. The Balaban J connectivity index is 2.53. The molecular formula is C12H15NO2. The van der Waals surface area contributed by atoms with E-state index in [2.05, 4.69) is 5.32 Å². The summed E-state index contributed by atoms with van der Waals surface area (Å²) >= 11 is 0. The Morgan fingerprint density at radius 1 is 1.20 bits per heavy atom. The van der Waals surface area contributed by atoms with Crippen LogP contribution in [0.2, 0.25) is 0 Å². The van der Waals surface area contributed by atoms with Crippen molar-refractivity contribution in [3.8, 4) is 0 Å². The summed E-state index contributed by atoms with van der Waals surface area (Å²) in [5.41, 5.74) is 0.652. The van der Waals surface area contributed by atoms with Crippen molar-refractivity contribution >= 4 is 17.4 Å². The Morgan fingerprint density at radius 2 is 1.80 bits per heavy atom. The fraction of sp³-hybridized carbons (Fsp3) is 0.333. The van der Waals surface area contributed by atoms with E-state index in [0.717, 1.165) is 0 Å². The molecule has 0 aliphatic rings. The van der Waals surface area contributed by atoms with E-state index in [-0.39, 0.29) is 11.7 Å². The van der Waals surface area contributed by atoms with E-state index in [1.807, 2.05) is 32.0 Å². The predicted octanol–water partition coefficient (Wildman–Crippen LogP) is 2.24. The molecule has 0 heterocycles. The summed E-state index contributed by atoms with van der Waals surface area (Å²) < 4.78 is 0. The van der Waals surface area contributed by atoms with Crippen molar-refractivity contribution in [3.63, 3.8) is 0 Å². The fourth-order valence-corrected chi connectivity index (χ4v) is 1.19. The maximum atomic E-state index is 11.4. The Hall–Kier alpha value is -1.64. The molecular weight excluding hydrogens is 190 g/mol. The zero-order valence-electron chi connectivity index (χ0n) is 8.99. The maximum absolute atomic E-state index is 11.4. The molecule has 3 heteroatoms. The lowest BCUT2D eigenvalue weighted by atomic mass is 10.1. The molecule has 0 saturated carbocycles. The van der Waals surface area contributed by atoms with Gasteiger partial charge in [-0.15, -0.1) is 0 Å². The lowest BCUT2D eigenvalue weighted by Crippen LogP contribution is -2.23. The number of benzene rings is 1. The van der Waals surface area contributed by atoms with Crippen LogP contribution in [0.25, 0.3) is 0 Å². The van der Waals surface area contributed by atoms with E-state index in [1.54, 1.807) is 12.1 Å². The molecule has 80 valence electrons. The Kier molecular flexibility index (Phi) is 4.03. The molecule has 0 fully saturated rings. The van der Waals surface area contributed by atoms with E-state index in [1.165, 1.54) is 0 Å². The topological polar surface area (TPSA) is 46.2 Å². The number of hydrogen-bond donors (Lipinski definition) is 1. The maximum Gasteiger partial charge on any atom is 0.291 e. The van der Waals surface area contributed by atoms with Crippen LogP contribution in [0, 0.1) is 5.92 Å². The van der Waals surface area contributed by atoms with Crippen LogP contribution in [-0.2, 0) is 9.59 Å². The third-order valence-electron chi connectivity index (χ3n) is 1.88. The summed E-state index contributed by atoms with van der Waals surface area (Å²) in [5, 5.41) is 2.56. The van der Waals surface area contributed by atoms with Crippen LogP contribution >= 0.6 is 0 Å². The standard InChI is InChI=1S/C12H15NO2/c1-9(2)8-11(14)12(15)13-10-6-4-3-5-7-10/h3-7,9H,8H2,1-2H3,(H,13,15). The first-order valence-electron chi connectivity index (χ1n) is 4.99. The van der Waals surface area contributed by atoms with Gasteiger partial charge >= 0.3 is 0 Å². The fourth-order valence-electron chi connectivity index (χ4n) is 1.19. The van der Waals surface area contributed by atoms with Crippen LogP contribution in [0.15, 0.2) is 30.3 Å². The SMILES string of the molecule is CC(C)CC(=O)C(=O)Nc1ccccc1. The van der Waals surface area contributed by atoms with Crippen molar-refractivity contribution in [2.75, 3.05) is 5.32 Å². The Labute approximate surface area is 89.5 Å². The van der Waals surface area contributed by atoms with Crippen molar-refractivity contribution in [2.45, 2.75) is 20.3 Å². The predicted molar refractivity (Wildman–Crippen MR) is 59.5 cm³/mol. The van der Waals surface area contributed by atoms with Crippen LogP contribution in [0.1, 0.15) is 20.3 Å². The summed E-state index contributed by atoms with van der Waals surface area (Å²) in [7, 11) is 0. The van der Waals surface area contributed by atoms with Gasteiger partial charge in [0.25, 0.3) is 5.91 Å². The van der Waals surface area contributed by atoms with Crippen molar-refractivity contribution < 1.29 is 9.59 Å². The minimum absolute atomic E-state index is 0.207. The molecule has 0 atom stereocenters. The normalized spacial score (nSPS) is 10.1. The molecule has 0 unspecified atom stereocenters. The first kappa shape index (κ1) is 11.4. The van der Waals surface area contributed by atoms with Gasteiger partial charge in [0.05, 0.1) is 0 Å². The molecule has 0 radical (unpaired) electrons. The van der Waals surface area contributed by atoms with Gasteiger partial charge in [-0.1, -0.05) is 32.0 Å². The number of Topliss-reactive ketones (excluding diaryl/α,β-unsaturated/α-hetero) is 1. The highest BCUT2D eigenvalue weighted by Crippen LogP contribution is 2.06. The van der Waals surface area contributed by atoms with E-state index in [4.69, 9.17) is 0 Å². The molecule has 1 amide bonds. The zero-order valence-corrected chi connectivity index (χ0v) is 8.99. The summed E-state index contributed by atoms with van der Waals surface area (Å²) in [4.78, 5) is 22.7. The summed E-state index contributed by atoms with van der Waals surface area (Å²) in [6.45, 7) is 3.82. The highest BCUT2D eigenvalue weighted by atomic mass is 16.2. The van der Waals surface area contributed by atoms with Crippen molar-refractivity contribution in [3.05, 3.63) is 30.3 Å². The van der Waals surface area contributed by atoms with E-state index >= 15 is 0 Å². The number of ketones is 1. The molecule has 1 rings (SSSR count). The van der Waals surface area contributed by atoms with Gasteiger partial charge in [-0.25, -0.2) is 0 Å². The number of hydrogen-bond acceptors (Lipinski definition) is 2. The molecule has 0 spiro atoms. The smallest absolute Gasteiger partial charge is 0.291 e. The minimum Gasteiger partial charge on any atom is -0.319 e. The molecule has 1 aromatic carbocycles. The highest BCUT2D eigenvalue weighted by molar-refractivity contribution is 6.40. The van der Waals surface area contributed by atoms with Crippen molar-refractivity contribution in [1.82, 2.24) is 0 Å². The van der Waals surface area contributed by atoms with Gasteiger partial charge in [0.1, 0.15) is 0 Å². The second kappa shape index (κ2) is 5.29. The second-order valence-corrected chi connectivity index (χ2v) is 3.84. The third kappa shape index (κ3) is 3.94. The average Bonchev–Trinajstić information content (AvgIpc) is 2.18. The highest BCUT2D eigenvalue weighted by Gasteiger charge is 2.14. The number of nitrogens with one attached hydrogen (secondary N) is 1. The van der Waals surface area contributed by atoms with Gasteiger partial charge in [0, 0.05) is 12.1 Å². The number of para-hydroxylation sites is 1. The molecule has 0 aromatic heterocycles. The Morgan fingerprint density at radius 3 is 2.33 bits per heavy atom. The molecule has 1 aromatic rings. The lowest BCUT2D eigenvalue weighted by Gasteiger charge is -2.05. The van der Waals surface area contributed by atoms with Gasteiger partial charge < -0.3 is 5.32 Å². The number of anilines is 1. The van der Waals surface area contributed by atoms with E-state index in [0.29, 0.717) is 12.1 Å². The monoisotopic (exact) mass is 205 g/mol.